The molecule has 0 amide bonds. The van der Waals surface area contributed by atoms with Crippen LogP contribution in [-0.4, -0.2) is 5.78 Å². The number of hydrogen-bond acceptors (Lipinski definition) is 1. The average Bonchev–Trinajstić information content (AvgIpc) is 1.99. The number of Topliss-reactive ketones (excluding diaryl/α,β-unsaturated/α-hetero) is 1. The van der Waals surface area contributed by atoms with E-state index >= 15 is 0 Å². The van der Waals surface area contributed by atoms with Crippen LogP contribution in [0.25, 0.3) is 0 Å². The molecular formula is C9H5BrClF3O. The standard InChI is InChI=1S/C9H5BrClF3O/c1-4(15)6-2-5(10)3-7(11)8(6)9(12,13)14/h2-3H,1H3. The Labute approximate surface area is 97.4 Å². The third-order valence-corrected chi connectivity index (χ3v) is 2.47. The maximum Gasteiger partial charge on any atom is 0.418 e. The maximum atomic E-state index is 12.5. The van der Waals surface area contributed by atoms with E-state index < -0.39 is 28.1 Å². The van der Waals surface area contributed by atoms with Crippen molar-refractivity contribution >= 4 is 33.3 Å². The predicted octanol–water partition coefficient (Wildman–Crippen LogP) is 4.32. The van der Waals surface area contributed by atoms with Gasteiger partial charge in [-0.05, 0) is 19.1 Å². The Bertz CT molecular complexity index is 415. The molecule has 0 spiro atoms. The van der Waals surface area contributed by atoms with Crippen LogP contribution in [0.4, 0.5) is 13.2 Å². The number of carbonyl (C=O) groups is 1. The van der Waals surface area contributed by atoms with E-state index in [0.717, 1.165) is 19.1 Å². The molecule has 0 aromatic heterocycles. The molecular weight excluding hydrogens is 296 g/mol. The number of ketones is 1. The highest BCUT2D eigenvalue weighted by atomic mass is 79.9. The summed E-state index contributed by atoms with van der Waals surface area (Å²) in [6, 6.07) is 2.22. The van der Waals surface area contributed by atoms with Crippen LogP contribution < -0.4 is 0 Å². The topological polar surface area (TPSA) is 17.1 Å². The molecule has 0 heterocycles. The molecule has 1 nitrogen and oxygen atoms in total. The Balaban J connectivity index is 3.55. The third kappa shape index (κ3) is 2.72. The minimum atomic E-state index is -4.63. The van der Waals surface area contributed by atoms with Crippen LogP contribution in [0.1, 0.15) is 22.8 Å². The van der Waals surface area contributed by atoms with E-state index in [1.54, 1.807) is 0 Å². The Morgan fingerprint density at radius 2 is 1.93 bits per heavy atom. The predicted molar refractivity (Wildman–Crippen MR) is 54.2 cm³/mol. The van der Waals surface area contributed by atoms with Crippen molar-refractivity contribution in [3.63, 3.8) is 0 Å². The first-order chi connectivity index (χ1) is 6.73. The van der Waals surface area contributed by atoms with Crippen molar-refractivity contribution < 1.29 is 18.0 Å². The Morgan fingerprint density at radius 3 is 2.33 bits per heavy atom. The highest BCUT2D eigenvalue weighted by Gasteiger charge is 2.37. The maximum absolute atomic E-state index is 12.5. The number of carbonyl (C=O) groups excluding carboxylic acids is 1. The Kier molecular flexibility index (Phi) is 3.45. The van der Waals surface area contributed by atoms with Crippen LogP contribution in [0.2, 0.25) is 5.02 Å². The van der Waals surface area contributed by atoms with Gasteiger partial charge >= 0.3 is 6.18 Å². The van der Waals surface area contributed by atoms with Gasteiger partial charge in [0.05, 0.1) is 10.6 Å². The van der Waals surface area contributed by atoms with Crippen molar-refractivity contribution in [3.05, 3.63) is 32.8 Å². The number of hydrogen-bond donors (Lipinski definition) is 0. The van der Waals surface area contributed by atoms with E-state index in [1.807, 2.05) is 0 Å². The molecule has 0 atom stereocenters. The molecule has 0 aliphatic heterocycles. The summed E-state index contributed by atoms with van der Waals surface area (Å²) in [5.74, 6) is -0.675. The van der Waals surface area contributed by atoms with Gasteiger partial charge in [-0.2, -0.15) is 13.2 Å². The van der Waals surface area contributed by atoms with Crippen LogP contribution in [0, 0.1) is 0 Å². The lowest BCUT2D eigenvalue weighted by Gasteiger charge is -2.13. The first kappa shape index (κ1) is 12.5. The first-order valence-electron chi connectivity index (χ1n) is 3.80. The van der Waals surface area contributed by atoms with Crippen molar-refractivity contribution in [2.75, 3.05) is 0 Å². The zero-order valence-corrected chi connectivity index (χ0v) is 9.79. The molecule has 0 aliphatic carbocycles. The van der Waals surface area contributed by atoms with Gasteiger partial charge in [0.2, 0.25) is 0 Å². The van der Waals surface area contributed by atoms with Gasteiger partial charge in [-0.3, -0.25) is 4.79 Å². The SMILES string of the molecule is CC(=O)c1cc(Br)cc(Cl)c1C(F)(F)F. The first-order valence-corrected chi connectivity index (χ1v) is 4.97. The summed E-state index contributed by atoms with van der Waals surface area (Å²) in [4.78, 5) is 11.0. The van der Waals surface area contributed by atoms with Crippen LogP contribution in [0.5, 0.6) is 0 Å². The summed E-state index contributed by atoms with van der Waals surface area (Å²) >= 11 is 8.44. The van der Waals surface area contributed by atoms with Gasteiger partial charge in [0.1, 0.15) is 0 Å². The fourth-order valence-electron chi connectivity index (χ4n) is 1.14. The lowest BCUT2D eigenvalue weighted by Crippen LogP contribution is -2.12. The van der Waals surface area contributed by atoms with E-state index in [2.05, 4.69) is 15.9 Å². The largest absolute Gasteiger partial charge is 0.418 e. The van der Waals surface area contributed by atoms with Crippen LogP contribution >= 0.6 is 27.5 Å². The summed E-state index contributed by atoms with van der Waals surface area (Å²) < 4.78 is 38.0. The molecule has 0 aliphatic rings. The van der Waals surface area contributed by atoms with Gasteiger partial charge in [-0.1, -0.05) is 27.5 Å². The van der Waals surface area contributed by atoms with Crippen molar-refractivity contribution in [3.8, 4) is 0 Å². The third-order valence-electron chi connectivity index (χ3n) is 1.72. The fraction of sp³-hybridized carbons (Fsp3) is 0.222. The monoisotopic (exact) mass is 300 g/mol. The number of alkyl halides is 3. The van der Waals surface area contributed by atoms with Crippen molar-refractivity contribution in [2.45, 2.75) is 13.1 Å². The molecule has 15 heavy (non-hydrogen) atoms. The second kappa shape index (κ2) is 4.14. The highest BCUT2D eigenvalue weighted by molar-refractivity contribution is 9.10. The smallest absolute Gasteiger partial charge is 0.294 e. The van der Waals surface area contributed by atoms with Gasteiger partial charge in [0.25, 0.3) is 0 Å². The Hall–Kier alpha value is -0.550. The second-order valence-electron chi connectivity index (χ2n) is 2.86. The van der Waals surface area contributed by atoms with Crippen molar-refractivity contribution in [2.24, 2.45) is 0 Å². The van der Waals surface area contributed by atoms with Gasteiger partial charge in [0, 0.05) is 10.0 Å². The highest BCUT2D eigenvalue weighted by Crippen LogP contribution is 2.38. The van der Waals surface area contributed by atoms with Gasteiger partial charge in [0.15, 0.2) is 5.78 Å². The summed E-state index contributed by atoms with van der Waals surface area (Å²) in [6.07, 6.45) is -4.63. The number of benzene rings is 1. The van der Waals surface area contributed by atoms with Crippen LogP contribution in [0.15, 0.2) is 16.6 Å². The minimum absolute atomic E-state index is 0.339. The molecule has 0 fully saturated rings. The van der Waals surface area contributed by atoms with Crippen molar-refractivity contribution in [1.29, 1.82) is 0 Å². The summed E-state index contributed by atoms with van der Waals surface area (Å²) in [6.45, 7) is 1.06. The van der Waals surface area contributed by atoms with Gasteiger partial charge < -0.3 is 0 Å². The summed E-state index contributed by atoms with van der Waals surface area (Å²) in [5.41, 5.74) is -1.51. The molecule has 0 saturated heterocycles. The molecule has 0 N–H and O–H groups in total. The summed E-state index contributed by atoms with van der Waals surface area (Å²) in [5, 5.41) is -0.484. The average molecular weight is 301 g/mol. The molecule has 6 heteroatoms. The Morgan fingerprint density at radius 1 is 1.40 bits per heavy atom. The van der Waals surface area contributed by atoms with E-state index in [0.29, 0.717) is 4.47 Å². The summed E-state index contributed by atoms with van der Waals surface area (Å²) in [7, 11) is 0. The number of halogens is 5. The molecule has 1 aromatic carbocycles. The normalized spacial score (nSPS) is 11.6. The lowest BCUT2D eigenvalue weighted by molar-refractivity contribution is -0.137. The molecule has 1 aromatic rings. The molecule has 1 rings (SSSR count). The lowest BCUT2D eigenvalue weighted by atomic mass is 10.0. The van der Waals surface area contributed by atoms with E-state index in [9.17, 15) is 18.0 Å². The molecule has 0 radical (unpaired) electrons. The zero-order chi connectivity index (χ0) is 11.8. The van der Waals surface area contributed by atoms with E-state index in [4.69, 9.17) is 11.6 Å². The van der Waals surface area contributed by atoms with Crippen LogP contribution in [-0.2, 0) is 6.18 Å². The minimum Gasteiger partial charge on any atom is -0.294 e. The second-order valence-corrected chi connectivity index (χ2v) is 4.19. The van der Waals surface area contributed by atoms with Gasteiger partial charge in [-0.15, -0.1) is 0 Å². The number of rotatable bonds is 1. The molecule has 0 unspecified atom stereocenters. The van der Waals surface area contributed by atoms with E-state index in [1.165, 1.54) is 0 Å². The fourth-order valence-corrected chi connectivity index (χ4v) is 2.06. The van der Waals surface area contributed by atoms with Crippen LogP contribution in [0.3, 0.4) is 0 Å². The van der Waals surface area contributed by atoms with Gasteiger partial charge in [-0.25, -0.2) is 0 Å². The van der Waals surface area contributed by atoms with Crippen molar-refractivity contribution in [1.82, 2.24) is 0 Å². The molecule has 0 saturated carbocycles. The van der Waals surface area contributed by atoms with E-state index in [-0.39, 0.29) is 0 Å². The quantitative estimate of drug-likeness (QED) is 0.706. The zero-order valence-electron chi connectivity index (χ0n) is 7.45. The molecule has 82 valence electrons. The molecule has 0 bridgehead atoms.